The minimum atomic E-state index is 0.952. The van der Waals surface area contributed by atoms with Gasteiger partial charge in [-0.25, -0.2) is 0 Å². The summed E-state index contributed by atoms with van der Waals surface area (Å²) < 4.78 is 3.23. The van der Waals surface area contributed by atoms with Gasteiger partial charge in [0, 0.05) is 39.9 Å². The lowest BCUT2D eigenvalue weighted by Gasteiger charge is -2.00. The van der Waals surface area contributed by atoms with Crippen LogP contribution < -0.4 is 0 Å². The molecule has 21 heavy (non-hydrogen) atoms. The predicted octanol–water partition coefficient (Wildman–Crippen LogP) is 5.31. The van der Waals surface area contributed by atoms with E-state index < -0.39 is 0 Å². The number of aryl methyl sites for hydroxylation is 2. The molecule has 0 bridgehead atoms. The molecule has 0 radical (unpaired) electrons. The van der Waals surface area contributed by atoms with Crippen LogP contribution in [0.5, 0.6) is 0 Å². The molecule has 0 atom stereocenters. The molecule has 0 saturated carbocycles. The van der Waals surface area contributed by atoms with E-state index in [0.29, 0.717) is 0 Å². The van der Waals surface area contributed by atoms with Gasteiger partial charge in [-0.15, -0.1) is 0 Å². The number of rotatable bonds is 2. The van der Waals surface area contributed by atoms with Crippen LogP contribution in [0.15, 0.2) is 51.9 Å². The van der Waals surface area contributed by atoms with Crippen LogP contribution >= 0.6 is 15.9 Å². The Morgan fingerprint density at radius 1 is 1.10 bits per heavy atom. The normalized spacial score (nSPS) is 11.6. The highest BCUT2D eigenvalue weighted by Gasteiger charge is 2.09. The van der Waals surface area contributed by atoms with Crippen molar-refractivity contribution in [3.05, 3.63) is 63.8 Å². The first-order valence-electron chi connectivity index (χ1n) is 6.92. The molecule has 3 rings (SSSR count). The third kappa shape index (κ3) is 2.54. The molecule has 0 unspecified atom stereocenters. The van der Waals surface area contributed by atoms with Crippen molar-refractivity contribution in [1.29, 1.82) is 0 Å². The summed E-state index contributed by atoms with van der Waals surface area (Å²) >= 11 is 3.58. The lowest BCUT2D eigenvalue weighted by molar-refractivity contribution is 0.917. The minimum Gasteiger partial charge on any atom is -0.347 e. The van der Waals surface area contributed by atoms with Gasteiger partial charge in [-0.3, -0.25) is 4.99 Å². The van der Waals surface area contributed by atoms with Crippen molar-refractivity contribution in [3.63, 3.8) is 0 Å². The zero-order valence-electron chi connectivity index (χ0n) is 12.4. The van der Waals surface area contributed by atoms with Crippen LogP contribution in [0.2, 0.25) is 0 Å². The fourth-order valence-corrected chi connectivity index (χ4v) is 3.16. The van der Waals surface area contributed by atoms with Crippen LogP contribution in [0.1, 0.15) is 16.8 Å². The molecule has 3 aromatic rings. The SMILES string of the molecule is Cc1ccc(N=Cc2c(C)n(C)c3ccccc23)c(Br)c1. The molecule has 3 heteroatoms. The first-order valence-corrected chi connectivity index (χ1v) is 7.71. The van der Waals surface area contributed by atoms with E-state index >= 15 is 0 Å². The van der Waals surface area contributed by atoms with E-state index in [1.54, 1.807) is 0 Å². The fourth-order valence-electron chi connectivity index (χ4n) is 2.56. The minimum absolute atomic E-state index is 0.952. The predicted molar refractivity (Wildman–Crippen MR) is 93.8 cm³/mol. The first-order chi connectivity index (χ1) is 10.1. The van der Waals surface area contributed by atoms with Gasteiger partial charge in [0.25, 0.3) is 0 Å². The third-order valence-electron chi connectivity index (χ3n) is 3.88. The molecule has 0 spiro atoms. The molecule has 0 N–H and O–H groups in total. The van der Waals surface area contributed by atoms with E-state index in [1.807, 2.05) is 12.3 Å². The van der Waals surface area contributed by atoms with Crippen molar-refractivity contribution in [1.82, 2.24) is 4.57 Å². The molecule has 106 valence electrons. The van der Waals surface area contributed by atoms with Crippen molar-refractivity contribution >= 4 is 38.7 Å². The van der Waals surface area contributed by atoms with E-state index in [0.717, 1.165) is 10.2 Å². The van der Waals surface area contributed by atoms with Crippen LogP contribution in [-0.2, 0) is 7.05 Å². The molecule has 0 fully saturated rings. The van der Waals surface area contributed by atoms with E-state index in [1.165, 1.54) is 27.7 Å². The number of fused-ring (bicyclic) bond motifs is 1. The van der Waals surface area contributed by atoms with Crippen LogP contribution in [0.3, 0.4) is 0 Å². The van der Waals surface area contributed by atoms with E-state index in [4.69, 9.17) is 0 Å². The average molecular weight is 341 g/mol. The Balaban J connectivity index is 2.09. The molecule has 0 aliphatic carbocycles. The second kappa shape index (κ2) is 5.49. The summed E-state index contributed by atoms with van der Waals surface area (Å²) in [6, 6.07) is 14.6. The monoisotopic (exact) mass is 340 g/mol. The summed E-state index contributed by atoms with van der Waals surface area (Å²) in [6.45, 7) is 4.21. The number of benzene rings is 2. The molecule has 2 aromatic carbocycles. The first kappa shape index (κ1) is 14.1. The molecular weight excluding hydrogens is 324 g/mol. The standard InChI is InChI=1S/C18H17BrN2/c1-12-8-9-17(16(19)10-12)20-11-15-13(2)21(3)18-7-5-4-6-14(15)18/h4-11H,1-3H3. The lowest BCUT2D eigenvalue weighted by Crippen LogP contribution is -1.91. The summed E-state index contributed by atoms with van der Waals surface area (Å²) in [5.74, 6) is 0. The highest BCUT2D eigenvalue weighted by Crippen LogP contribution is 2.28. The molecule has 2 nitrogen and oxygen atoms in total. The van der Waals surface area contributed by atoms with E-state index in [-0.39, 0.29) is 0 Å². The Labute approximate surface area is 133 Å². The summed E-state index contributed by atoms with van der Waals surface area (Å²) in [5, 5.41) is 1.24. The largest absolute Gasteiger partial charge is 0.347 e. The molecule has 1 aromatic heterocycles. The third-order valence-corrected chi connectivity index (χ3v) is 4.52. The van der Waals surface area contributed by atoms with Crippen molar-refractivity contribution in [2.75, 3.05) is 0 Å². The highest BCUT2D eigenvalue weighted by atomic mass is 79.9. The summed E-state index contributed by atoms with van der Waals surface area (Å²) in [6.07, 6.45) is 1.97. The molecule has 1 heterocycles. The Bertz CT molecular complexity index is 844. The number of para-hydroxylation sites is 1. The number of hydrogen-bond donors (Lipinski definition) is 0. The average Bonchev–Trinajstić information content (AvgIpc) is 2.71. The number of aliphatic imine (C=N–C) groups is 1. The topological polar surface area (TPSA) is 17.3 Å². The van der Waals surface area contributed by atoms with Crippen LogP contribution in [0.25, 0.3) is 10.9 Å². The van der Waals surface area contributed by atoms with Gasteiger partial charge in [-0.2, -0.15) is 0 Å². The quantitative estimate of drug-likeness (QED) is 0.562. The smallest absolute Gasteiger partial charge is 0.0772 e. The summed E-state index contributed by atoms with van der Waals surface area (Å²) in [4.78, 5) is 4.66. The van der Waals surface area contributed by atoms with Gasteiger partial charge in [0.05, 0.1) is 5.69 Å². The van der Waals surface area contributed by atoms with E-state index in [2.05, 4.69) is 82.8 Å². The van der Waals surface area contributed by atoms with Gasteiger partial charge >= 0.3 is 0 Å². The zero-order chi connectivity index (χ0) is 15.0. The van der Waals surface area contributed by atoms with Crippen molar-refractivity contribution < 1.29 is 0 Å². The maximum Gasteiger partial charge on any atom is 0.0772 e. The Morgan fingerprint density at radius 3 is 2.62 bits per heavy atom. The Morgan fingerprint density at radius 2 is 1.86 bits per heavy atom. The van der Waals surface area contributed by atoms with Gasteiger partial charge < -0.3 is 4.57 Å². The van der Waals surface area contributed by atoms with Crippen LogP contribution in [-0.4, -0.2) is 10.8 Å². The van der Waals surface area contributed by atoms with E-state index in [9.17, 15) is 0 Å². The Hall–Kier alpha value is -1.87. The molecule has 0 saturated heterocycles. The highest BCUT2D eigenvalue weighted by molar-refractivity contribution is 9.10. The zero-order valence-corrected chi connectivity index (χ0v) is 14.0. The van der Waals surface area contributed by atoms with Gasteiger partial charge in [0.2, 0.25) is 0 Å². The summed E-state index contributed by atoms with van der Waals surface area (Å²) in [7, 11) is 2.09. The van der Waals surface area contributed by atoms with Crippen molar-refractivity contribution in [2.24, 2.45) is 12.0 Å². The second-order valence-electron chi connectivity index (χ2n) is 5.29. The molecular formula is C18H17BrN2. The van der Waals surface area contributed by atoms with Gasteiger partial charge in [0.1, 0.15) is 0 Å². The van der Waals surface area contributed by atoms with Gasteiger partial charge in [-0.1, -0.05) is 24.3 Å². The van der Waals surface area contributed by atoms with Gasteiger partial charge in [0.15, 0.2) is 0 Å². The molecule has 0 aliphatic heterocycles. The Kier molecular flexibility index (Phi) is 3.68. The van der Waals surface area contributed by atoms with Crippen LogP contribution in [0.4, 0.5) is 5.69 Å². The summed E-state index contributed by atoms with van der Waals surface area (Å²) in [5.41, 5.74) is 5.82. The van der Waals surface area contributed by atoms with Crippen LogP contribution in [0, 0.1) is 13.8 Å². The molecule has 0 amide bonds. The fraction of sp³-hybridized carbons (Fsp3) is 0.167. The number of hydrogen-bond acceptors (Lipinski definition) is 1. The number of nitrogens with zero attached hydrogens (tertiary/aromatic N) is 2. The lowest BCUT2D eigenvalue weighted by atomic mass is 10.1. The van der Waals surface area contributed by atoms with Gasteiger partial charge in [-0.05, 0) is 53.5 Å². The second-order valence-corrected chi connectivity index (χ2v) is 6.14. The van der Waals surface area contributed by atoms with Crippen molar-refractivity contribution in [2.45, 2.75) is 13.8 Å². The number of aromatic nitrogens is 1. The maximum atomic E-state index is 4.66. The van der Waals surface area contributed by atoms with Crippen molar-refractivity contribution in [3.8, 4) is 0 Å². The number of halogens is 1. The molecule has 0 aliphatic rings. The maximum absolute atomic E-state index is 4.66.